The van der Waals surface area contributed by atoms with Crippen molar-refractivity contribution < 1.29 is 4.74 Å². The lowest BCUT2D eigenvalue weighted by atomic mass is 9.85. The van der Waals surface area contributed by atoms with Gasteiger partial charge in [-0.05, 0) is 36.3 Å². The minimum absolute atomic E-state index is 0.194. The van der Waals surface area contributed by atoms with Gasteiger partial charge in [0, 0.05) is 17.5 Å². The molecule has 0 aliphatic heterocycles. The highest BCUT2D eigenvalue weighted by Crippen LogP contribution is 2.50. The van der Waals surface area contributed by atoms with E-state index in [1.54, 1.807) is 7.11 Å². The standard InChI is InChI=1S/C16H25NO/c1-15(2,3)10-12-5-6-14(18-4)13(9-12)16(11-17)7-8-16/h5-6,9H,7-8,10-11,17H2,1-4H3. The van der Waals surface area contributed by atoms with E-state index < -0.39 is 0 Å². The molecule has 0 radical (unpaired) electrons. The molecular formula is C16H25NO. The molecule has 1 aliphatic rings. The third-order valence-electron chi connectivity index (χ3n) is 3.81. The highest BCUT2D eigenvalue weighted by atomic mass is 16.5. The van der Waals surface area contributed by atoms with Crippen LogP contribution >= 0.6 is 0 Å². The Morgan fingerprint density at radius 2 is 1.94 bits per heavy atom. The fourth-order valence-electron chi connectivity index (χ4n) is 2.63. The minimum atomic E-state index is 0.194. The molecule has 0 aromatic heterocycles. The van der Waals surface area contributed by atoms with Gasteiger partial charge in [0.15, 0.2) is 0 Å². The van der Waals surface area contributed by atoms with Gasteiger partial charge in [0.25, 0.3) is 0 Å². The minimum Gasteiger partial charge on any atom is -0.496 e. The zero-order chi connectivity index (χ0) is 13.4. The van der Waals surface area contributed by atoms with Crippen molar-refractivity contribution in [2.75, 3.05) is 13.7 Å². The zero-order valence-corrected chi connectivity index (χ0v) is 12.0. The molecule has 0 atom stereocenters. The van der Waals surface area contributed by atoms with Gasteiger partial charge >= 0.3 is 0 Å². The fraction of sp³-hybridized carbons (Fsp3) is 0.625. The van der Waals surface area contributed by atoms with Crippen LogP contribution in [0.4, 0.5) is 0 Å². The van der Waals surface area contributed by atoms with Gasteiger partial charge < -0.3 is 10.5 Å². The largest absolute Gasteiger partial charge is 0.496 e. The van der Waals surface area contributed by atoms with E-state index in [1.165, 1.54) is 24.0 Å². The van der Waals surface area contributed by atoms with Crippen molar-refractivity contribution in [1.29, 1.82) is 0 Å². The van der Waals surface area contributed by atoms with Crippen molar-refractivity contribution in [3.05, 3.63) is 29.3 Å². The normalized spacial score (nSPS) is 17.6. The summed E-state index contributed by atoms with van der Waals surface area (Å²) in [6.45, 7) is 7.54. The molecule has 1 aromatic rings. The van der Waals surface area contributed by atoms with Gasteiger partial charge in [-0.1, -0.05) is 32.9 Å². The average molecular weight is 247 g/mol. The first-order chi connectivity index (χ1) is 8.40. The lowest BCUT2D eigenvalue weighted by Gasteiger charge is -2.22. The maximum absolute atomic E-state index is 5.95. The van der Waals surface area contributed by atoms with Gasteiger partial charge in [-0.15, -0.1) is 0 Å². The van der Waals surface area contributed by atoms with Gasteiger partial charge in [0.2, 0.25) is 0 Å². The van der Waals surface area contributed by atoms with Gasteiger partial charge in [-0.3, -0.25) is 0 Å². The first-order valence-corrected chi connectivity index (χ1v) is 6.78. The summed E-state index contributed by atoms with van der Waals surface area (Å²) in [7, 11) is 1.74. The fourth-order valence-corrected chi connectivity index (χ4v) is 2.63. The maximum atomic E-state index is 5.95. The van der Waals surface area contributed by atoms with E-state index in [9.17, 15) is 0 Å². The van der Waals surface area contributed by atoms with Crippen LogP contribution < -0.4 is 10.5 Å². The SMILES string of the molecule is COc1ccc(CC(C)(C)C)cc1C1(CN)CC1. The van der Waals surface area contributed by atoms with Crippen molar-refractivity contribution in [2.24, 2.45) is 11.1 Å². The zero-order valence-electron chi connectivity index (χ0n) is 12.0. The smallest absolute Gasteiger partial charge is 0.122 e. The van der Waals surface area contributed by atoms with Crippen LogP contribution in [0.5, 0.6) is 5.75 Å². The van der Waals surface area contributed by atoms with Gasteiger partial charge in [-0.25, -0.2) is 0 Å². The number of methoxy groups -OCH3 is 1. The Morgan fingerprint density at radius 1 is 1.28 bits per heavy atom. The quantitative estimate of drug-likeness (QED) is 0.886. The topological polar surface area (TPSA) is 35.2 Å². The highest BCUT2D eigenvalue weighted by molar-refractivity contribution is 5.46. The summed E-state index contributed by atoms with van der Waals surface area (Å²) in [4.78, 5) is 0. The molecule has 2 heteroatoms. The summed E-state index contributed by atoms with van der Waals surface area (Å²) in [5.74, 6) is 0.996. The first-order valence-electron chi connectivity index (χ1n) is 6.78. The van der Waals surface area contributed by atoms with Crippen molar-refractivity contribution in [2.45, 2.75) is 45.4 Å². The molecular weight excluding hydrogens is 222 g/mol. The highest BCUT2D eigenvalue weighted by Gasteiger charge is 2.44. The molecule has 2 rings (SSSR count). The molecule has 0 heterocycles. The predicted octanol–water partition coefficient (Wildman–Crippen LogP) is 3.27. The van der Waals surface area contributed by atoms with E-state index in [1.807, 2.05) is 0 Å². The molecule has 0 amide bonds. The predicted molar refractivity (Wildman–Crippen MR) is 76.1 cm³/mol. The Kier molecular flexibility index (Phi) is 3.41. The summed E-state index contributed by atoms with van der Waals surface area (Å²) in [6, 6.07) is 6.59. The number of nitrogens with two attached hydrogens (primary N) is 1. The van der Waals surface area contributed by atoms with Gasteiger partial charge in [0.1, 0.15) is 5.75 Å². The summed E-state index contributed by atoms with van der Waals surface area (Å²) in [6.07, 6.45) is 3.47. The van der Waals surface area contributed by atoms with Crippen molar-refractivity contribution in [3.8, 4) is 5.75 Å². The van der Waals surface area contributed by atoms with Crippen LogP contribution in [0.3, 0.4) is 0 Å². The van der Waals surface area contributed by atoms with E-state index in [4.69, 9.17) is 10.5 Å². The first kappa shape index (κ1) is 13.4. The van der Waals surface area contributed by atoms with E-state index in [0.29, 0.717) is 5.41 Å². The molecule has 1 fully saturated rings. The van der Waals surface area contributed by atoms with Crippen LogP contribution in [-0.2, 0) is 11.8 Å². The Hall–Kier alpha value is -1.02. The monoisotopic (exact) mass is 247 g/mol. The molecule has 18 heavy (non-hydrogen) atoms. The van der Waals surface area contributed by atoms with Crippen LogP contribution in [0.1, 0.15) is 44.7 Å². The molecule has 2 N–H and O–H groups in total. The second-order valence-corrected chi connectivity index (χ2v) is 6.76. The number of rotatable bonds is 4. The van der Waals surface area contributed by atoms with Crippen LogP contribution in [0.2, 0.25) is 0 Å². The van der Waals surface area contributed by atoms with Crippen LogP contribution in [0, 0.1) is 5.41 Å². The molecule has 0 saturated heterocycles. The third kappa shape index (κ3) is 2.69. The van der Waals surface area contributed by atoms with Gasteiger partial charge in [0.05, 0.1) is 7.11 Å². The lowest BCUT2D eigenvalue weighted by Crippen LogP contribution is -2.21. The van der Waals surface area contributed by atoms with Crippen LogP contribution in [-0.4, -0.2) is 13.7 Å². The molecule has 1 saturated carbocycles. The second-order valence-electron chi connectivity index (χ2n) is 6.76. The molecule has 0 bridgehead atoms. The van der Waals surface area contributed by atoms with Crippen LogP contribution in [0.25, 0.3) is 0 Å². The van der Waals surface area contributed by atoms with E-state index >= 15 is 0 Å². The molecule has 1 aliphatic carbocycles. The Morgan fingerprint density at radius 3 is 2.39 bits per heavy atom. The van der Waals surface area contributed by atoms with Crippen molar-refractivity contribution in [1.82, 2.24) is 0 Å². The maximum Gasteiger partial charge on any atom is 0.122 e. The van der Waals surface area contributed by atoms with Gasteiger partial charge in [-0.2, -0.15) is 0 Å². The number of hydrogen-bond acceptors (Lipinski definition) is 2. The molecule has 0 unspecified atom stereocenters. The molecule has 2 nitrogen and oxygen atoms in total. The number of ether oxygens (including phenoxy) is 1. The average Bonchev–Trinajstić information content (AvgIpc) is 3.07. The summed E-state index contributed by atoms with van der Waals surface area (Å²) >= 11 is 0. The lowest BCUT2D eigenvalue weighted by molar-refractivity contribution is 0.399. The molecule has 1 aromatic carbocycles. The van der Waals surface area contributed by atoms with E-state index in [2.05, 4.69) is 39.0 Å². The second kappa shape index (κ2) is 4.58. The van der Waals surface area contributed by atoms with Crippen LogP contribution in [0.15, 0.2) is 18.2 Å². The van der Waals surface area contributed by atoms with E-state index in [0.717, 1.165) is 18.7 Å². The Labute approximate surface area is 111 Å². The Balaban J connectivity index is 2.34. The van der Waals surface area contributed by atoms with E-state index in [-0.39, 0.29) is 5.41 Å². The Bertz CT molecular complexity index is 427. The van der Waals surface area contributed by atoms with Crippen molar-refractivity contribution >= 4 is 0 Å². The summed E-state index contributed by atoms with van der Waals surface area (Å²) in [5.41, 5.74) is 9.15. The number of hydrogen-bond donors (Lipinski definition) is 1. The summed E-state index contributed by atoms with van der Waals surface area (Å²) < 4.78 is 5.50. The number of benzene rings is 1. The third-order valence-corrected chi connectivity index (χ3v) is 3.81. The molecule has 100 valence electrons. The molecule has 0 spiro atoms. The summed E-state index contributed by atoms with van der Waals surface area (Å²) in [5, 5.41) is 0. The van der Waals surface area contributed by atoms with Crippen molar-refractivity contribution in [3.63, 3.8) is 0 Å².